The fraction of sp³-hybridized carbons (Fsp3) is 0.500. The summed E-state index contributed by atoms with van der Waals surface area (Å²) < 4.78 is 55.1. The molecule has 0 bridgehead atoms. The van der Waals surface area contributed by atoms with E-state index in [-0.39, 0.29) is 36.3 Å². The molecule has 1 aromatic heterocycles. The topological polar surface area (TPSA) is 4.93 Å². The van der Waals surface area contributed by atoms with Crippen molar-refractivity contribution in [1.29, 1.82) is 0 Å². The molecule has 0 aliphatic carbocycles. The Labute approximate surface area is 161 Å². The summed E-state index contributed by atoms with van der Waals surface area (Å²) in [5.74, 6) is 0. The molecule has 0 spiro atoms. The molecular formula is C24H33N. The van der Waals surface area contributed by atoms with Crippen molar-refractivity contribution in [2.45, 2.75) is 78.7 Å². The van der Waals surface area contributed by atoms with E-state index in [1.54, 1.807) is 4.57 Å². The molecule has 0 aliphatic rings. The molecule has 0 atom stereocenters. The van der Waals surface area contributed by atoms with Gasteiger partial charge in [0.05, 0.1) is 8.22 Å². The van der Waals surface area contributed by atoms with Gasteiger partial charge in [-0.1, -0.05) is 53.6 Å². The second-order valence-electron chi connectivity index (χ2n) is 9.95. The first-order valence-corrected chi connectivity index (χ1v) is 8.92. The minimum Gasteiger partial charge on any atom is -0.335 e. The largest absolute Gasteiger partial charge is 0.335 e. The van der Waals surface area contributed by atoms with Gasteiger partial charge in [0.2, 0.25) is 0 Å². The van der Waals surface area contributed by atoms with Crippen LogP contribution in [0.25, 0.3) is 21.8 Å². The quantitative estimate of drug-likeness (QED) is 0.409. The molecule has 3 aromatic rings. The molecule has 0 amide bonds. The van der Waals surface area contributed by atoms with Crippen molar-refractivity contribution in [3.63, 3.8) is 0 Å². The van der Waals surface area contributed by atoms with Gasteiger partial charge in [-0.3, -0.25) is 0 Å². The number of aromatic nitrogens is 1. The third kappa shape index (κ3) is 3.10. The molecule has 0 radical (unpaired) electrons. The van der Waals surface area contributed by atoms with Crippen LogP contribution in [0.5, 0.6) is 0 Å². The number of nitrogens with zero attached hydrogens (tertiary/aromatic N) is 1. The van der Waals surface area contributed by atoms with Crippen molar-refractivity contribution in [3.05, 3.63) is 47.4 Å². The lowest BCUT2D eigenvalue weighted by atomic mass is 9.85. The third-order valence-corrected chi connectivity index (χ3v) is 4.45. The van der Waals surface area contributed by atoms with Crippen LogP contribution in [0.3, 0.4) is 0 Å². The molecule has 134 valence electrons. The molecule has 0 N–H and O–H groups in total. The van der Waals surface area contributed by atoms with Gasteiger partial charge in [-0.15, -0.1) is 0 Å². The van der Waals surface area contributed by atoms with E-state index >= 15 is 0 Å². The highest BCUT2D eigenvalue weighted by molar-refractivity contribution is 6.09. The van der Waals surface area contributed by atoms with E-state index in [4.69, 9.17) is 8.22 Å². The zero-order valence-corrected chi connectivity index (χ0v) is 16.9. The minimum atomic E-state index is -0.574. The predicted octanol–water partition coefficient (Wildman–Crippen LogP) is 7.14. The van der Waals surface area contributed by atoms with Crippen molar-refractivity contribution < 1.29 is 8.22 Å². The molecule has 0 aliphatic heterocycles. The summed E-state index contributed by atoms with van der Waals surface area (Å²) in [6, 6.07) is 0.315. The van der Waals surface area contributed by atoms with Crippen LogP contribution in [0.2, 0.25) is 0 Å². The zero-order valence-electron chi connectivity index (χ0n) is 22.9. The van der Waals surface area contributed by atoms with Crippen molar-refractivity contribution in [2.75, 3.05) is 0 Å². The van der Waals surface area contributed by atoms with E-state index in [1.807, 2.05) is 62.3 Å². The summed E-state index contributed by atoms with van der Waals surface area (Å²) in [7, 11) is 0. The Morgan fingerprint density at radius 1 is 0.640 bits per heavy atom. The maximum absolute atomic E-state index is 9.07. The normalized spacial score (nSPS) is 17.2. The Bertz CT molecular complexity index is 1140. The SMILES string of the molecule is [2H]c1c(C(C)(C)C)c([2H])c2c3c([2H])c(C(C)(C)C)c([2H])c([2H])c3n(C(C)(C)C)c2c1[2H]. The van der Waals surface area contributed by atoms with Crippen LogP contribution in [0, 0.1) is 0 Å². The molecule has 1 heterocycles. The minimum absolute atomic E-state index is 0.00434. The highest BCUT2D eigenvalue weighted by Gasteiger charge is 2.24. The second kappa shape index (κ2) is 5.37. The number of rotatable bonds is 0. The van der Waals surface area contributed by atoms with E-state index in [9.17, 15) is 0 Å². The van der Waals surface area contributed by atoms with Crippen LogP contribution in [-0.4, -0.2) is 4.57 Å². The number of benzene rings is 2. The van der Waals surface area contributed by atoms with Gasteiger partial charge >= 0.3 is 0 Å². The molecule has 3 rings (SSSR count). The summed E-state index contributed by atoms with van der Waals surface area (Å²) in [5.41, 5.74) is 0.115. The zero-order chi connectivity index (χ0) is 24.0. The Morgan fingerprint density at radius 2 is 1.00 bits per heavy atom. The molecule has 1 nitrogen and oxygen atoms in total. The first kappa shape index (κ1) is 11.8. The fourth-order valence-electron chi connectivity index (χ4n) is 3.03. The lowest BCUT2D eigenvalue weighted by molar-refractivity contribution is 0.423. The highest BCUT2D eigenvalue weighted by atomic mass is 15.0. The Kier molecular flexibility index (Phi) is 2.53. The predicted molar refractivity (Wildman–Crippen MR) is 112 cm³/mol. The van der Waals surface area contributed by atoms with E-state index in [1.165, 1.54) is 0 Å². The summed E-state index contributed by atoms with van der Waals surface area (Å²) in [4.78, 5) is 0. The van der Waals surface area contributed by atoms with Gasteiger partial charge in [0, 0.05) is 27.3 Å². The summed E-state index contributed by atoms with van der Waals surface area (Å²) in [5, 5.41) is 0.889. The van der Waals surface area contributed by atoms with Gasteiger partial charge in [0.1, 0.15) is 0 Å². The average molecular weight is 342 g/mol. The summed E-state index contributed by atoms with van der Waals surface area (Å²) in [6.45, 7) is 17.4. The van der Waals surface area contributed by atoms with Crippen LogP contribution >= 0.6 is 0 Å². The number of hydrogen-bond acceptors (Lipinski definition) is 0. The second-order valence-corrected chi connectivity index (χ2v) is 9.95. The Morgan fingerprint density at radius 3 is 1.28 bits per heavy atom. The first-order chi connectivity index (χ1) is 13.8. The molecule has 0 unspecified atom stereocenters. The fourth-order valence-corrected chi connectivity index (χ4v) is 3.03. The van der Waals surface area contributed by atoms with E-state index < -0.39 is 16.4 Å². The standard InChI is InChI=1S/C24H33N/c1-22(2,3)16-10-12-20-18(14-16)19-15-17(23(4,5)6)11-13-21(19)25(20)24(7,8)9/h10-15H,1-9H3/i10D,11D,12D,13D,14D,15D. The van der Waals surface area contributed by atoms with E-state index in [2.05, 4.69) is 0 Å². The Balaban J connectivity index is 2.87. The van der Waals surface area contributed by atoms with Crippen molar-refractivity contribution in [3.8, 4) is 0 Å². The number of hydrogen-bond donors (Lipinski definition) is 0. The molecule has 0 saturated heterocycles. The van der Waals surface area contributed by atoms with Gasteiger partial charge in [-0.2, -0.15) is 0 Å². The van der Waals surface area contributed by atoms with Gasteiger partial charge < -0.3 is 4.57 Å². The van der Waals surface area contributed by atoms with Crippen LogP contribution in [-0.2, 0) is 16.4 Å². The van der Waals surface area contributed by atoms with Crippen LogP contribution < -0.4 is 0 Å². The summed E-state index contributed by atoms with van der Waals surface area (Å²) in [6.07, 6.45) is 0. The smallest absolute Gasteiger partial charge is 0.0645 e. The van der Waals surface area contributed by atoms with Gasteiger partial charge in [0.15, 0.2) is 0 Å². The van der Waals surface area contributed by atoms with Crippen LogP contribution in [0.15, 0.2) is 36.3 Å². The van der Waals surface area contributed by atoms with Crippen molar-refractivity contribution >= 4 is 21.8 Å². The molecule has 0 saturated carbocycles. The first-order valence-electron chi connectivity index (χ1n) is 11.9. The molecule has 0 fully saturated rings. The maximum Gasteiger partial charge on any atom is 0.0645 e. The maximum atomic E-state index is 9.07. The molecule has 2 aromatic carbocycles. The molecule has 25 heavy (non-hydrogen) atoms. The van der Waals surface area contributed by atoms with Gasteiger partial charge in [-0.25, -0.2) is 0 Å². The van der Waals surface area contributed by atoms with Gasteiger partial charge in [0.25, 0.3) is 0 Å². The van der Waals surface area contributed by atoms with Crippen molar-refractivity contribution in [2.24, 2.45) is 0 Å². The van der Waals surface area contributed by atoms with Crippen LogP contribution in [0.1, 0.15) is 81.7 Å². The monoisotopic (exact) mass is 341 g/mol. The molecule has 1 heteroatoms. The summed E-state index contributed by atoms with van der Waals surface area (Å²) >= 11 is 0. The third-order valence-electron chi connectivity index (χ3n) is 4.45. The lowest BCUT2D eigenvalue weighted by Crippen LogP contribution is -2.21. The van der Waals surface area contributed by atoms with Gasteiger partial charge in [-0.05, 0) is 66.9 Å². The highest BCUT2D eigenvalue weighted by Crippen LogP contribution is 2.38. The average Bonchev–Trinajstić information content (AvgIpc) is 2.92. The van der Waals surface area contributed by atoms with Crippen molar-refractivity contribution in [1.82, 2.24) is 4.57 Å². The van der Waals surface area contributed by atoms with Crippen LogP contribution in [0.4, 0.5) is 0 Å². The Hall–Kier alpha value is -1.76. The van der Waals surface area contributed by atoms with E-state index in [0.29, 0.717) is 32.9 Å². The number of fused-ring (bicyclic) bond motifs is 3. The lowest BCUT2D eigenvalue weighted by Gasteiger charge is -2.25. The molecular weight excluding hydrogens is 302 g/mol. The van der Waals surface area contributed by atoms with E-state index in [0.717, 1.165) is 0 Å².